The Balaban J connectivity index is 1.62. The Morgan fingerprint density at radius 1 is 1.05 bits per heavy atom. The number of phenols is 1. The molecular weight excluding hydrogens is 272 g/mol. The molecule has 0 spiro atoms. The molecule has 0 saturated carbocycles. The topological polar surface area (TPSA) is 27.9 Å². The minimum atomic E-state index is 0.389. The van der Waals surface area contributed by atoms with Crippen LogP contribution in [0.25, 0.3) is 0 Å². The highest BCUT2D eigenvalue weighted by Crippen LogP contribution is 2.26. The summed E-state index contributed by atoms with van der Waals surface area (Å²) >= 11 is 0. The highest BCUT2D eigenvalue weighted by atomic mass is 16.3. The Labute approximate surface area is 132 Å². The van der Waals surface area contributed by atoms with E-state index in [-0.39, 0.29) is 0 Å². The van der Waals surface area contributed by atoms with Crippen molar-refractivity contribution in [1.82, 2.24) is 0 Å². The van der Waals surface area contributed by atoms with Gasteiger partial charge in [-0.3, -0.25) is 0 Å². The quantitative estimate of drug-likeness (QED) is 0.906. The van der Waals surface area contributed by atoms with Crippen molar-refractivity contribution in [2.24, 2.45) is 0 Å². The van der Waals surface area contributed by atoms with Crippen molar-refractivity contribution < 1.29 is 10.0 Å². The van der Waals surface area contributed by atoms with Crippen molar-refractivity contribution in [2.45, 2.75) is 20.4 Å². The third-order valence-corrected chi connectivity index (χ3v) is 4.64. The zero-order valence-corrected chi connectivity index (χ0v) is 13.5. The first-order valence-electron chi connectivity index (χ1n) is 8.06. The van der Waals surface area contributed by atoms with Gasteiger partial charge in [0, 0.05) is 5.56 Å². The van der Waals surface area contributed by atoms with Gasteiger partial charge in [-0.25, -0.2) is 0 Å². The smallest absolute Gasteiger partial charge is 0.138 e. The number of nitrogens with one attached hydrogen (secondary N) is 1. The van der Waals surface area contributed by atoms with Crippen molar-refractivity contribution in [1.29, 1.82) is 0 Å². The van der Waals surface area contributed by atoms with Gasteiger partial charge < -0.3 is 14.9 Å². The van der Waals surface area contributed by atoms with Crippen LogP contribution in [0.1, 0.15) is 16.7 Å². The lowest BCUT2D eigenvalue weighted by Crippen LogP contribution is -3.13. The second-order valence-corrected chi connectivity index (χ2v) is 6.33. The molecule has 22 heavy (non-hydrogen) atoms. The SMILES string of the molecule is Cc1ccc(C)c(C[NH+]2CCN(c3ccccc3O)CC2)c1. The van der Waals surface area contributed by atoms with Gasteiger partial charge in [0.25, 0.3) is 0 Å². The van der Waals surface area contributed by atoms with Crippen LogP contribution in [0.5, 0.6) is 5.75 Å². The molecule has 116 valence electrons. The number of para-hydroxylation sites is 2. The predicted molar refractivity (Wildman–Crippen MR) is 90.6 cm³/mol. The average Bonchev–Trinajstić information content (AvgIpc) is 2.52. The molecule has 2 aromatic carbocycles. The molecular formula is C19H25N2O+. The van der Waals surface area contributed by atoms with Crippen molar-refractivity contribution >= 4 is 5.69 Å². The van der Waals surface area contributed by atoms with Crippen molar-refractivity contribution in [3.05, 3.63) is 59.2 Å². The minimum Gasteiger partial charge on any atom is -0.506 e. The fourth-order valence-corrected chi connectivity index (χ4v) is 3.23. The maximum Gasteiger partial charge on any atom is 0.138 e. The Kier molecular flexibility index (Phi) is 4.34. The summed E-state index contributed by atoms with van der Waals surface area (Å²) in [5, 5.41) is 9.98. The number of anilines is 1. The third kappa shape index (κ3) is 3.25. The second kappa shape index (κ2) is 6.41. The number of aryl methyl sites for hydroxylation is 2. The summed E-state index contributed by atoms with van der Waals surface area (Å²) in [6.45, 7) is 9.68. The molecule has 1 aliphatic heterocycles. The third-order valence-electron chi connectivity index (χ3n) is 4.64. The van der Waals surface area contributed by atoms with Gasteiger partial charge in [-0.1, -0.05) is 35.9 Å². The molecule has 0 radical (unpaired) electrons. The van der Waals surface area contributed by atoms with Crippen LogP contribution in [-0.2, 0) is 6.54 Å². The van der Waals surface area contributed by atoms with Crippen LogP contribution in [0, 0.1) is 13.8 Å². The van der Waals surface area contributed by atoms with Crippen LogP contribution < -0.4 is 9.80 Å². The van der Waals surface area contributed by atoms with Gasteiger partial charge in [0.2, 0.25) is 0 Å². The van der Waals surface area contributed by atoms with Crippen LogP contribution in [0.2, 0.25) is 0 Å². The molecule has 3 rings (SSSR count). The van der Waals surface area contributed by atoms with Crippen LogP contribution in [0.4, 0.5) is 5.69 Å². The van der Waals surface area contributed by atoms with Gasteiger partial charge in [-0.05, 0) is 31.5 Å². The van der Waals surface area contributed by atoms with Gasteiger partial charge in [0.15, 0.2) is 0 Å². The zero-order valence-electron chi connectivity index (χ0n) is 13.5. The Morgan fingerprint density at radius 2 is 1.77 bits per heavy atom. The molecule has 2 N–H and O–H groups in total. The van der Waals surface area contributed by atoms with Gasteiger partial charge in [0.05, 0.1) is 31.9 Å². The number of phenolic OH excluding ortho intramolecular Hbond substituents is 1. The standard InChI is InChI=1S/C19H24N2O/c1-15-7-8-16(2)17(13-15)14-20-9-11-21(12-10-20)18-5-3-4-6-19(18)22/h3-8,13,22H,9-12,14H2,1-2H3/p+1. The van der Waals surface area contributed by atoms with E-state index in [4.69, 9.17) is 0 Å². The lowest BCUT2D eigenvalue weighted by Gasteiger charge is -2.34. The zero-order chi connectivity index (χ0) is 15.5. The average molecular weight is 297 g/mol. The second-order valence-electron chi connectivity index (χ2n) is 6.33. The van der Waals surface area contributed by atoms with E-state index in [2.05, 4.69) is 36.9 Å². The lowest BCUT2D eigenvalue weighted by atomic mass is 10.0. The van der Waals surface area contributed by atoms with E-state index in [1.54, 1.807) is 11.0 Å². The van der Waals surface area contributed by atoms with Crippen LogP contribution in [0.15, 0.2) is 42.5 Å². The first-order chi connectivity index (χ1) is 10.6. The number of rotatable bonds is 3. The van der Waals surface area contributed by atoms with E-state index in [0.717, 1.165) is 38.4 Å². The van der Waals surface area contributed by atoms with Crippen LogP contribution in [0.3, 0.4) is 0 Å². The lowest BCUT2D eigenvalue weighted by molar-refractivity contribution is -0.914. The Morgan fingerprint density at radius 3 is 2.50 bits per heavy atom. The largest absolute Gasteiger partial charge is 0.506 e. The summed E-state index contributed by atoms with van der Waals surface area (Å²) in [7, 11) is 0. The van der Waals surface area contributed by atoms with Crippen molar-refractivity contribution in [3.63, 3.8) is 0 Å². The molecule has 1 fully saturated rings. The number of piperazine rings is 1. The highest BCUT2D eigenvalue weighted by Gasteiger charge is 2.22. The Bertz CT molecular complexity index is 646. The number of benzene rings is 2. The maximum atomic E-state index is 9.98. The van der Waals surface area contributed by atoms with Crippen LogP contribution >= 0.6 is 0 Å². The van der Waals surface area contributed by atoms with Gasteiger partial charge in [0.1, 0.15) is 12.3 Å². The molecule has 0 aromatic heterocycles. The Hall–Kier alpha value is -2.00. The highest BCUT2D eigenvalue weighted by molar-refractivity contribution is 5.57. The molecule has 1 heterocycles. The van der Waals surface area contributed by atoms with Gasteiger partial charge in [-0.2, -0.15) is 0 Å². The molecule has 0 unspecified atom stereocenters. The number of hydrogen-bond donors (Lipinski definition) is 2. The number of aromatic hydroxyl groups is 1. The van der Waals surface area contributed by atoms with Crippen LogP contribution in [-0.4, -0.2) is 31.3 Å². The molecule has 1 aliphatic rings. The van der Waals surface area contributed by atoms with Gasteiger partial charge in [-0.15, -0.1) is 0 Å². The van der Waals surface area contributed by atoms with E-state index in [1.807, 2.05) is 18.2 Å². The fourth-order valence-electron chi connectivity index (χ4n) is 3.23. The van der Waals surface area contributed by atoms with Crippen molar-refractivity contribution in [2.75, 3.05) is 31.1 Å². The summed E-state index contributed by atoms with van der Waals surface area (Å²) in [4.78, 5) is 3.92. The molecule has 3 heteroatoms. The normalized spacial score (nSPS) is 16.0. The molecule has 0 atom stereocenters. The molecule has 0 amide bonds. The molecule has 0 bridgehead atoms. The van der Waals surface area contributed by atoms with E-state index < -0.39 is 0 Å². The maximum absolute atomic E-state index is 9.98. The monoisotopic (exact) mass is 297 g/mol. The first kappa shape index (κ1) is 14.9. The molecule has 2 aromatic rings. The molecule has 3 nitrogen and oxygen atoms in total. The molecule has 1 saturated heterocycles. The van der Waals surface area contributed by atoms with Gasteiger partial charge >= 0.3 is 0 Å². The summed E-state index contributed by atoms with van der Waals surface area (Å²) in [6.07, 6.45) is 0. The van der Waals surface area contributed by atoms with Crippen molar-refractivity contribution in [3.8, 4) is 5.75 Å². The summed E-state index contributed by atoms with van der Waals surface area (Å²) in [5.41, 5.74) is 5.16. The summed E-state index contributed by atoms with van der Waals surface area (Å²) in [6, 6.07) is 14.4. The van der Waals surface area contributed by atoms with E-state index >= 15 is 0 Å². The number of nitrogens with zero attached hydrogens (tertiary/aromatic N) is 1. The minimum absolute atomic E-state index is 0.389. The van der Waals surface area contributed by atoms with E-state index in [9.17, 15) is 5.11 Å². The first-order valence-corrected chi connectivity index (χ1v) is 8.06. The number of quaternary nitrogens is 1. The fraction of sp³-hybridized carbons (Fsp3) is 0.368. The molecule has 0 aliphatic carbocycles. The summed E-state index contributed by atoms with van der Waals surface area (Å²) in [5.74, 6) is 0.389. The summed E-state index contributed by atoms with van der Waals surface area (Å²) < 4.78 is 0. The van der Waals surface area contributed by atoms with E-state index in [0.29, 0.717) is 5.75 Å². The van der Waals surface area contributed by atoms with E-state index in [1.165, 1.54) is 16.7 Å². The number of hydrogen-bond acceptors (Lipinski definition) is 2. The predicted octanol–water partition coefficient (Wildman–Crippen LogP) is 1.91.